The number of aromatic nitrogens is 1. The van der Waals surface area contributed by atoms with Crippen LogP contribution in [0.5, 0.6) is 0 Å². The largest absolute Gasteiger partial charge is 0.325 e. The second-order valence-corrected chi connectivity index (χ2v) is 12.5. The number of allylic oxidation sites excluding steroid dienone is 1. The SMILES string of the molecule is CC1CCC2(N)C(=CCC3[C@@H]2CCC2(N)C(C(CCc4cccnc4)c4ccccc4)CC[C@@H]32)C1. The molecule has 3 nitrogen and oxygen atoms in total. The molecule has 3 heteroatoms. The molecular formula is C32H43N3. The van der Waals surface area contributed by atoms with E-state index in [0.717, 1.165) is 25.2 Å². The molecule has 1 aromatic carbocycles. The summed E-state index contributed by atoms with van der Waals surface area (Å²) in [5.41, 5.74) is 19.1. The highest BCUT2D eigenvalue weighted by Gasteiger charge is 2.60. The summed E-state index contributed by atoms with van der Waals surface area (Å²) in [5.74, 6) is 3.72. The first-order chi connectivity index (χ1) is 17.0. The molecule has 2 aromatic rings. The third-order valence-electron chi connectivity index (χ3n) is 10.8. The van der Waals surface area contributed by atoms with Crippen molar-refractivity contribution in [2.75, 3.05) is 0 Å². The zero-order valence-corrected chi connectivity index (χ0v) is 21.4. The molecule has 6 unspecified atom stereocenters. The molecule has 0 saturated heterocycles. The lowest BCUT2D eigenvalue weighted by Crippen LogP contribution is -2.64. The number of rotatable bonds is 5. The Balaban J connectivity index is 1.28. The maximum Gasteiger partial charge on any atom is 0.0400 e. The maximum atomic E-state index is 7.58. The fraction of sp³-hybridized carbons (Fsp3) is 0.594. The van der Waals surface area contributed by atoms with Crippen LogP contribution in [0, 0.1) is 29.6 Å². The minimum atomic E-state index is -0.0692. The highest BCUT2D eigenvalue weighted by Crippen LogP contribution is 2.61. The third-order valence-corrected chi connectivity index (χ3v) is 10.8. The van der Waals surface area contributed by atoms with Crippen LogP contribution in [0.3, 0.4) is 0 Å². The van der Waals surface area contributed by atoms with Crippen molar-refractivity contribution < 1.29 is 0 Å². The first-order valence-corrected chi connectivity index (χ1v) is 14.2. The van der Waals surface area contributed by atoms with Gasteiger partial charge in [0.2, 0.25) is 0 Å². The van der Waals surface area contributed by atoms with Crippen molar-refractivity contribution in [3.05, 3.63) is 77.6 Å². The lowest BCUT2D eigenvalue weighted by Gasteiger charge is -2.58. The summed E-state index contributed by atoms with van der Waals surface area (Å²) in [5, 5.41) is 0. The summed E-state index contributed by atoms with van der Waals surface area (Å²) in [4.78, 5) is 4.36. The van der Waals surface area contributed by atoms with E-state index in [9.17, 15) is 0 Å². The van der Waals surface area contributed by atoms with E-state index in [0.29, 0.717) is 29.6 Å². The van der Waals surface area contributed by atoms with Gasteiger partial charge in [0.05, 0.1) is 0 Å². The molecule has 0 aliphatic heterocycles. The van der Waals surface area contributed by atoms with Gasteiger partial charge >= 0.3 is 0 Å². The van der Waals surface area contributed by atoms with E-state index >= 15 is 0 Å². The van der Waals surface area contributed by atoms with Crippen molar-refractivity contribution in [2.45, 2.75) is 88.1 Å². The minimum absolute atomic E-state index is 0.0615. The molecular weight excluding hydrogens is 426 g/mol. The molecule has 8 atom stereocenters. The molecule has 4 N–H and O–H groups in total. The molecule has 4 aliphatic carbocycles. The highest BCUT2D eigenvalue weighted by molar-refractivity contribution is 5.32. The summed E-state index contributed by atoms with van der Waals surface area (Å²) < 4.78 is 0. The van der Waals surface area contributed by atoms with Crippen LogP contribution in [0.15, 0.2) is 66.5 Å². The van der Waals surface area contributed by atoms with Gasteiger partial charge in [-0.1, -0.05) is 55.0 Å². The molecule has 1 aromatic heterocycles. The summed E-state index contributed by atoms with van der Waals surface area (Å²) in [7, 11) is 0. The second-order valence-electron chi connectivity index (χ2n) is 12.5. The van der Waals surface area contributed by atoms with Crippen molar-refractivity contribution in [3.8, 4) is 0 Å². The molecule has 6 rings (SSSR count). The van der Waals surface area contributed by atoms with E-state index in [-0.39, 0.29) is 11.1 Å². The van der Waals surface area contributed by atoms with Crippen LogP contribution in [-0.2, 0) is 6.42 Å². The van der Waals surface area contributed by atoms with Crippen LogP contribution < -0.4 is 11.5 Å². The summed E-state index contributed by atoms with van der Waals surface area (Å²) >= 11 is 0. The van der Waals surface area contributed by atoms with Gasteiger partial charge in [-0.2, -0.15) is 0 Å². The Morgan fingerprint density at radius 1 is 0.971 bits per heavy atom. The molecule has 1 heterocycles. The van der Waals surface area contributed by atoms with Gasteiger partial charge in [-0.05, 0) is 117 Å². The molecule has 0 bridgehead atoms. The Bertz CT molecular complexity index is 1050. The van der Waals surface area contributed by atoms with Crippen molar-refractivity contribution in [3.63, 3.8) is 0 Å². The smallest absolute Gasteiger partial charge is 0.0400 e. The van der Waals surface area contributed by atoms with Gasteiger partial charge in [0.15, 0.2) is 0 Å². The van der Waals surface area contributed by atoms with Gasteiger partial charge in [0.1, 0.15) is 0 Å². The van der Waals surface area contributed by atoms with E-state index in [1.807, 2.05) is 12.4 Å². The van der Waals surface area contributed by atoms with E-state index in [2.05, 4.69) is 60.4 Å². The Morgan fingerprint density at radius 3 is 2.63 bits per heavy atom. The van der Waals surface area contributed by atoms with Gasteiger partial charge < -0.3 is 11.5 Å². The number of aryl methyl sites for hydroxylation is 1. The molecule has 186 valence electrons. The predicted molar refractivity (Wildman–Crippen MR) is 144 cm³/mol. The molecule has 0 spiro atoms. The van der Waals surface area contributed by atoms with Gasteiger partial charge in [-0.25, -0.2) is 0 Å². The summed E-state index contributed by atoms with van der Waals surface area (Å²) in [6, 6.07) is 15.5. The van der Waals surface area contributed by atoms with Gasteiger partial charge in [-0.15, -0.1) is 0 Å². The van der Waals surface area contributed by atoms with Crippen LogP contribution in [0.2, 0.25) is 0 Å². The summed E-state index contributed by atoms with van der Waals surface area (Å²) in [6.45, 7) is 2.40. The predicted octanol–water partition coefficient (Wildman–Crippen LogP) is 6.40. The second kappa shape index (κ2) is 9.16. The lowest BCUT2D eigenvalue weighted by molar-refractivity contribution is 0.0123. The number of benzene rings is 1. The average molecular weight is 470 g/mol. The van der Waals surface area contributed by atoms with E-state index in [4.69, 9.17) is 11.5 Å². The number of hydrogen-bond donors (Lipinski definition) is 2. The molecule has 0 amide bonds. The van der Waals surface area contributed by atoms with Crippen molar-refractivity contribution in [1.82, 2.24) is 4.98 Å². The molecule has 3 saturated carbocycles. The standard InChI is InChI=1S/C32H43N3/c1-22-15-17-31(33)25(20-22)10-12-27-29-14-13-28(32(29,34)18-16-30(27)31)26(24-7-3-2-4-8-24)11-9-23-6-5-19-35-21-23/h2-8,10,19,21-22,26-30H,9,11-18,20,33-34H2,1H3/t22?,26?,27?,28?,29-,30-,31?,32?/m0/s1. The van der Waals surface area contributed by atoms with Crippen LogP contribution in [0.25, 0.3) is 0 Å². The molecule has 3 fully saturated rings. The van der Waals surface area contributed by atoms with Crippen molar-refractivity contribution in [2.24, 2.45) is 41.1 Å². The van der Waals surface area contributed by atoms with Crippen LogP contribution in [0.1, 0.15) is 81.8 Å². The fourth-order valence-electron chi connectivity index (χ4n) is 9.06. The topological polar surface area (TPSA) is 64.9 Å². The molecule has 0 radical (unpaired) electrons. The number of hydrogen-bond acceptors (Lipinski definition) is 3. The van der Waals surface area contributed by atoms with E-state index < -0.39 is 0 Å². The van der Waals surface area contributed by atoms with Crippen LogP contribution in [0.4, 0.5) is 0 Å². The zero-order valence-electron chi connectivity index (χ0n) is 21.4. The van der Waals surface area contributed by atoms with Crippen LogP contribution >= 0.6 is 0 Å². The number of nitrogens with two attached hydrogens (primary N) is 2. The molecule has 4 aliphatic rings. The molecule has 35 heavy (non-hydrogen) atoms. The average Bonchev–Trinajstić information content (AvgIpc) is 3.23. The maximum absolute atomic E-state index is 7.58. The summed E-state index contributed by atoms with van der Waals surface area (Å²) in [6.07, 6.45) is 18.4. The fourth-order valence-corrected chi connectivity index (χ4v) is 9.06. The Morgan fingerprint density at radius 2 is 1.83 bits per heavy atom. The Kier molecular flexibility index (Phi) is 6.13. The number of nitrogens with zero attached hydrogens (tertiary/aromatic N) is 1. The quantitative estimate of drug-likeness (QED) is 0.498. The zero-order chi connectivity index (χ0) is 24.0. The van der Waals surface area contributed by atoms with E-state index in [1.165, 1.54) is 56.1 Å². The van der Waals surface area contributed by atoms with Crippen molar-refractivity contribution >= 4 is 0 Å². The third kappa shape index (κ3) is 4.00. The number of fused-ring (bicyclic) bond motifs is 5. The first-order valence-electron chi connectivity index (χ1n) is 14.2. The normalized spacial score (nSPS) is 39.2. The van der Waals surface area contributed by atoms with Gasteiger partial charge in [-0.3, -0.25) is 4.98 Å². The van der Waals surface area contributed by atoms with Gasteiger partial charge in [0.25, 0.3) is 0 Å². The van der Waals surface area contributed by atoms with Gasteiger partial charge in [0, 0.05) is 23.5 Å². The first kappa shape index (κ1) is 23.4. The Hall–Kier alpha value is -1.97. The van der Waals surface area contributed by atoms with E-state index in [1.54, 1.807) is 5.57 Å². The highest BCUT2D eigenvalue weighted by atomic mass is 14.9. The monoisotopic (exact) mass is 469 g/mol. The minimum Gasteiger partial charge on any atom is -0.325 e. The number of pyridine rings is 1. The lowest BCUT2D eigenvalue weighted by atomic mass is 9.50. The Labute approximate surface area is 211 Å². The van der Waals surface area contributed by atoms with Crippen LogP contribution in [-0.4, -0.2) is 16.1 Å². The van der Waals surface area contributed by atoms with Crippen molar-refractivity contribution in [1.29, 1.82) is 0 Å².